The first-order valence-electron chi connectivity index (χ1n) is 9.20. The van der Waals surface area contributed by atoms with Crippen molar-refractivity contribution in [3.8, 4) is 0 Å². The first-order valence-corrected chi connectivity index (χ1v) is 11.3. The van der Waals surface area contributed by atoms with E-state index in [9.17, 15) is 20.4 Å². The Kier molecular flexibility index (Phi) is 5.58. The van der Waals surface area contributed by atoms with Crippen LogP contribution >= 0.6 is 0 Å². The second kappa shape index (κ2) is 7.47. The summed E-state index contributed by atoms with van der Waals surface area (Å²) in [6.45, 7) is 6.24. The molecule has 1 heterocycles. The largest absolute Gasteiger partial charge is 0.393 e. The Labute approximate surface area is 160 Å². The van der Waals surface area contributed by atoms with E-state index < -0.39 is 38.4 Å². The number of ether oxygens (including phenoxy) is 1. The average molecular weight is 389 g/mol. The molecule has 2 aromatic rings. The quantitative estimate of drug-likeness (QED) is 0.569. The van der Waals surface area contributed by atoms with Gasteiger partial charge in [-0.25, -0.2) is 0 Å². The average Bonchev–Trinajstić information content (AvgIpc) is 2.90. The molecule has 1 fully saturated rings. The zero-order chi connectivity index (χ0) is 19.8. The highest BCUT2D eigenvalue weighted by molar-refractivity contribution is 7.05. The lowest BCUT2D eigenvalue weighted by molar-refractivity contribution is -0.138. The molecule has 5 nitrogen and oxygen atoms in total. The summed E-state index contributed by atoms with van der Waals surface area (Å²) < 4.78 is 5.43. The summed E-state index contributed by atoms with van der Waals surface area (Å²) in [5.74, 6) is 0. The predicted molar refractivity (Wildman–Crippen MR) is 107 cm³/mol. The molecule has 1 aliphatic rings. The highest BCUT2D eigenvalue weighted by atomic mass is 28.3. The molecule has 0 spiro atoms. The normalized spacial score (nSPS) is 27.5. The number of aliphatic hydroxyl groups excluding tert-OH is 4. The van der Waals surface area contributed by atoms with Crippen LogP contribution in [0.4, 0.5) is 0 Å². The van der Waals surface area contributed by atoms with Gasteiger partial charge in [0.25, 0.3) is 0 Å². The Morgan fingerprint density at radius 3 is 1.59 bits per heavy atom. The molecular weight excluding hydrogens is 360 g/mol. The van der Waals surface area contributed by atoms with E-state index in [-0.39, 0.29) is 5.04 Å². The fourth-order valence-corrected chi connectivity index (χ4v) is 10.3. The van der Waals surface area contributed by atoms with Gasteiger partial charge < -0.3 is 25.2 Å². The summed E-state index contributed by atoms with van der Waals surface area (Å²) in [5.41, 5.74) is -1.08. The molecular formula is C21H28O5Si. The summed E-state index contributed by atoms with van der Waals surface area (Å²) in [6, 6.07) is 19.6. The lowest BCUT2D eigenvalue weighted by Crippen LogP contribution is -2.75. The molecule has 27 heavy (non-hydrogen) atoms. The Bertz CT molecular complexity index is 707. The lowest BCUT2D eigenvalue weighted by atomic mass is 10.1. The molecule has 1 saturated heterocycles. The number of hydrogen-bond acceptors (Lipinski definition) is 5. The number of aliphatic hydroxyl groups is 4. The minimum atomic E-state index is -2.97. The van der Waals surface area contributed by atoms with E-state index in [1.807, 2.05) is 60.7 Å². The van der Waals surface area contributed by atoms with Gasteiger partial charge in [0, 0.05) is 0 Å². The molecule has 0 amide bonds. The van der Waals surface area contributed by atoms with E-state index in [4.69, 9.17) is 4.74 Å². The van der Waals surface area contributed by atoms with Gasteiger partial charge in [0.1, 0.15) is 18.3 Å². The highest BCUT2D eigenvalue weighted by Crippen LogP contribution is 2.41. The van der Waals surface area contributed by atoms with Crippen LogP contribution in [0.25, 0.3) is 0 Å². The molecule has 5 atom stereocenters. The molecule has 0 saturated carbocycles. The monoisotopic (exact) mass is 388 g/mol. The van der Waals surface area contributed by atoms with Gasteiger partial charge in [0.2, 0.25) is 0 Å². The maximum atomic E-state index is 11.7. The Balaban J connectivity index is 2.24. The molecule has 0 aliphatic carbocycles. The van der Waals surface area contributed by atoms with E-state index in [1.54, 1.807) is 0 Å². The molecule has 0 radical (unpaired) electrons. The van der Waals surface area contributed by atoms with E-state index in [0.717, 1.165) is 10.4 Å². The fraction of sp³-hybridized carbons (Fsp3) is 0.429. The molecule has 146 valence electrons. The maximum absolute atomic E-state index is 11.7. The van der Waals surface area contributed by atoms with Crippen molar-refractivity contribution in [2.45, 2.75) is 56.1 Å². The number of rotatable bonds is 4. The topological polar surface area (TPSA) is 90.2 Å². The highest BCUT2D eigenvalue weighted by Gasteiger charge is 2.59. The second-order valence-electron chi connectivity index (χ2n) is 8.21. The SMILES string of the molecule is CC(C)(C)[Si](c1ccccc1)(c1ccccc1)C(O)[C@H]1OC(O)[C@H](O)[C@H]1O. The zero-order valence-electron chi connectivity index (χ0n) is 15.9. The molecule has 0 bridgehead atoms. The summed E-state index contributed by atoms with van der Waals surface area (Å²) in [5, 5.41) is 43.6. The molecule has 6 heteroatoms. The molecule has 3 rings (SSSR count). The second-order valence-corrected chi connectivity index (χ2v) is 13.1. The van der Waals surface area contributed by atoms with Crippen LogP contribution < -0.4 is 10.4 Å². The van der Waals surface area contributed by atoms with Crippen molar-refractivity contribution in [2.75, 3.05) is 0 Å². The van der Waals surface area contributed by atoms with Crippen LogP contribution in [0.1, 0.15) is 20.8 Å². The number of benzene rings is 2. The first kappa shape index (κ1) is 20.2. The Morgan fingerprint density at radius 1 is 0.815 bits per heavy atom. The number of hydrogen-bond donors (Lipinski definition) is 4. The van der Waals surface area contributed by atoms with Crippen molar-refractivity contribution in [3.05, 3.63) is 60.7 Å². The van der Waals surface area contributed by atoms with Crippen LogP contribution in [0.15, 0.2) is 60.7 Å². The summed E-state index contributed by atoms with van der Waals surface area (Å²) in [7, 11) is -2.97. The third kappa shape index (κ3) is 3.27. The molecule has 2 unspecified atom stereocenters. The van der Waals surface area contributed by atoms with Crippen molar-refractivity contribution in [1.29, 1.82) is 0 Å². The van der Waals surface area contributed by atoms with Gasteiger partial charge in [-0.3, -0.25) is 0 Å². The van der Waals surface area contributed by atoms with Crippen LogP contribution in [-0.2, 0) is 4.74 Å². The smallest absolute Gasteiger partial charge is 0.184 e. The first-order chi connectivity index (χ1) is 12.7. The predicted octanol–water partition coefficient (Wildman–Crippen LogP) is 0.389. The summed E-state index contributed by atoms with van der Waals surface area (Å²) in [6.07, 6.45) is -5.40. The minimum absolute atomic E-state index is 0.350. The molecule has 0 aromatic heterocycles. The van der Waals surface area contributed by atoms with Crippen molar-refractivity contribution >= 4 is 18.4 Å². The van der Waals surface area contributed by atoms with Gasteiger partial charge in [0.05, 0.1) is 5.73 Å². The van der Waals surface area contributed by atoms with Gasteiger partial charge in [-0.15, -0.1) is 0 Å². The fourth-order valence-electron chi connectivity index (χ4n) is 4.41. The summed E-state index contributed by atoms with van der Waals surface area (Å²) in [4.78, 5) is 0. The van der Waals surface area contributed by atoms with E-state index in [1.165, 1.54) is 0 Å². The van der Waals surface area contributed by atoms with Crippen molar-refractivity contribution < 1.29 is 25.2 Å². The van der Waals surface area contributed by atoms with Crippen LogP contribution in [0.2, 0.25) is 5.04 Å². The maximum Gasteiger partial charge on any atom is 0.184 e. The minimum Gasteiger partial charge on any atom is -0.393 e. The van der Waals surface area contributed by atoms with E-state index in [0.29, 0.717) is 0 Å². The van der Waals surface area contributed by atoms with Gasteiger partial charge in [0.15, 0.2) is 14.4 Å². The van der Waals surface area contributed by atoms with Crippen LogP contribution in [0.3, 0.4) is 0 Å². The van der Waals surface area contributed by atoms with Crippen molar-refractivity contribution in [1.82, 2.24) is 0 Å². The standard InChI is InChI=1S/C21H28O5Si/c1-21(2,3)27(14-10-6-4-7-11-14,15-12-8-5-9-13-15)20(25)18-16(22)17(23)19(24)26-18/h4-13,16-20,22-25H,1-3H3/t16-,17-,18+,19?,20?/m1/s1. The van der Waals surface area contributed by atoms with Gasteiger partial charge in [-0.1, -0.05) is 91.8 Å². The third-order valence-corrected chi connectivity index (χ3v) is 11.7. The van der Waals surface area contributed by atoms with E-state index in [2.05, 4.69) is 20.8 Å². The van der Waals surface area contributed by atoms with Gasteiger partial charge >= 0.3 is 0 Å². The summed E-state index contributed by atoms with van der Waals surface area (Å²) >= 11 is 0. The zero-order valence-corrected chi connectivity index (χ0v) is 16.9. The van der Waals surface area contributed by atoms with Crippen molar-refractivity contribution in [3.63, 3.8) is 0 Å². The third-order valence-electron chi connectivity index (χ3n) is 5.67. The molecule has 4 N–H and O–H groups in total. The van der Waals surface area contributed by atoms with Crippen LogP contribution in [0.5, 0.6) is 0 Å². The van der Waals surface area contributed by atoms with Crippen LogP contribution in [-0.4, -0.2) is 58.8 Å². The molecule has 1 aliphatic heterocycles. The molecule has 2 aromatic carbocycles. The Hall–Kier alpha value is -1.54. The Morgan fingerprint density at radius 2 is 1.26 bits per heavy atom. The van der Waals surface area contributed by atoms with Crippen LogP contribution in [0, 0.1) is 0 Å². The van der Waals surface area contributed by atoms with Gasteiger partial charge in [-0.2, -0.15) is 0 Å². The van der Waals surface area contributed by atoms with Crippen molar-refractivity contribution in [2.24, 2.45) is 0 Å². The van der Waals surface area contributed by atoms with E-state index >= 15 is 0 Å². The lowest BCUT2D eigenvalue weighted by Gasteiger charge is -2.48. The van der Waals surface area contributed by atoms with Gasteiger partial charge in [-0.05, 0) is 5.04 Å².